The molecule has 0 saturated carbocycles. The summed E-state index contributed by atoms with van der Waals surface area (Å²) in [5, 5.41) is 3.03. The van der Waals surface area contributed by atoms with Gasteiger partial charge < -0.3 is 5.32 Å². The molecule has 5 nitrogen and oxygen atoms in total. The van der Waals surface area contributed by atoms with Gasteiger partial charge in [-0.2, -0.15) is 0 Å². The number of aryl methyl sites for hydroxylation is 3. The SMILES string of the molecule is Cc1ccc(NCC(=O)NNC(=O)CCc2ccc(F)cc2)c(C)c1. The number of amides is 2. The average molecular weight is 343 g/mol. The lowest BCUT2D eigenvalue weighted by Crippen LogP contribution is -2.44. The van der Waals surface area contributed by atoms with Gasteiger partial charge in [-0.3, -0.25) is 20.4 Å². The van der Waals surface area contributed by atoms with E-state index in [4.69, 9.17) is 0 Å². The fraction of sp³-hybridized carbons (Fsp3) is 0.263. The Morgan fingerprint density at radius 3 is 2.32 bits per heavy atom. The van der Waals surface area contributed by atoms with Gasteiger partial charge in [-0.05, 0) is 49.6 Å². The van der Waals surface area contributed by atoms with E-state index < -0.39 is 0 Å². The van der Waals surface area contributed by atoms with Crippen molar-refractivity contribution in [1.82, 2.24) is 10.9 Å². The van der Waals surface area contributed by atoms with Crippen LogP contribution in [-0.4, -0.2) is 18.4 Å². The molecule has 2 aromatic rings. The van der Waals surface area contributed by atoms with Crippen molar-refractivity contribution in [3.63, 3.8) is 0 Å². The molecule has 0 spiro atoms. The predicted molar refractivity (Wildman–Crippen MR) is 95.4 cm³/mol. The van der Waals surface area contributed by atoms with Crippen molar-refractivity contribution < 1.29 is 14.0 Å². The van der Waals surface area contributed by atoms with Crippen molar-refractivity contribution in [3.8, 4) is 0 Å². The molecule has 0 bridgehead atoms. The summed E-state index contributed by atoms with van der Waals surface area (Å²) in [5.41, 5.74) is 8.68. The van der Waals surface area contributed by atoms with Crippen LogP contribution in [0.1, 0.15) is 23.1 Å². The molecule has 0 unspecified atom stereocenters. The molecular weight excluding hydrogens is 321 g/mol. The van der Waals surface area contributed by atoms with Crippen LogP contribution in [0.4, 0.5) is 10.1 Å². The Kier molecular flexibility index (Phi) is 6.51. The highest BCUT2D eigenvalue weighted by Gasteiger charge is 2.06. The molecule has 0 aliphatic carbocycles. The molecule has 0 heterocycles. The zero-order chi connectivity index (χ0) is 18.2. The first-order valence-corrected chi connectivity index (χ1v) is 8.07. The van der Waals surface area contributed by atoms with Crippen molar-refractivity contribution in [2.45, 2.75) is 26.7 Å². The lowest BCUT2D eigenvalue weighted by molar-refractivity contribution is -0.128. The number of carbonyl (C=O) groups is 2. The Morgan fingerprint density at radius 2 is 1.64 bits per heavy atom. The summed E-state index contributed by atoms with van der Waals surface area (Å²) in [7, 11) is 0. The first kappa shape index (κ1) is 18.4. The van der Waals surface area contributed by atoms with E-state index >= 15 is 0 Å². The number of hydrogen-bond donors (Lipinski definition) is 3. The van der Waals surface area contributed by atoms with Crippen molar-refractivity contribution in [1.29, 1.82) is 0 Å². The topological polar surface area (TPSA) is 70.2 Å². The van der Waals surface area contributed by atoms with Crippen LogP contribution < -0.4 is 16.2 Å². The highest BCUT2D eigenvalue weighted by atomic mass is 19.1. The van der Waals surface area contributed by atoms with Gasteiger partial charge in [0.25, 0.3) is 5.91 Å². The molecule has 0 fully saturated rings. The summed E-state index contributed by atoms with van der Waals surface area (Å²) in [5.74, 6) is -0.948. The van der Waals surface area contributed by atoms with E-state index in [1.54, 1.807) is 12.1 Å². The molecule has 0 aliphatic heterocycles. The number of nitrogens with one attached hydrogen (secondary N) is 3. The summed E-state index contributed by atoms with van der Waals surface area (Å²) in [6.45, 7) is 4.03. The Hall–Kier alpha value is -2.89. The minimum absolute atomic E-state index is 0.0577. The van der Waals surface area contributed by atoms with Gasteiger partial charge in [-0.1, -0.05) is 29.8 Å². The monoisotopic (exact) mass is 343 g/mol. The third-order valence-corrected chi connectivity index (χ3v) is 3.72. The van der Waals surface area contributed by atoms with Gasteiger partial charge in [0.15, 0.2) is 0 Å². The van der Waals surface area contributed by atoms with Gasteiger partial charge in [0.05, 0.1) is 6.54 Å². The number of hydrogen-bond acceptors (Lipinski definition) is 3. The highest BCUT2D eigenvalue weighted by molar-refractivity contribution is 5.84. The first-order valence-electron chi connectivity index (χ1n) is 8.07. The van der Waals surface area contributed by atoms with Crippen molar-refractivity contribution in [2.75, 3.05) is 11.9 Å². The van der Waals surface area contributed by atoms with E-state index in [1.165, 1.54) is 12.1 Å². The molecule has 2 aromatic carbocycles. The predicted octanol–water partition coefficient (Wildman–Crippen LogP) is 2.63. The largest absolute Gasteiger partial charge is 0.376 e. The second kappa shape index (κ2) is 8.82. The van der Waals surface area contributed by atoms with Crippen molar-refractivity contribution >= 4 is 17.5 Å². The van der Waals surface area contributed by atoms with Crippen LogP contribution in [-0.2, 0) is 16.0 Å². The Labute approximate surface area is 146 Å². The number of benzene rings is 2. The van der Waals surface area contributed by atoms with E-state index in [2.05, 4.69) is 16.2 Å². The summed E-state index contributed by atoms with van der Waals surface area (Å²) < 4.78 is 12.8. The number of halogens is 1. The summed E-state index contributed by atoms with van der Waals surface area (Å²) in [6.07, 6.45) is 0.680. The molecule has 2 rings (SSSR count). The van der Waals surface area contributed by atoms with Gasteiger partial charge in [0, 0.05) is 12.1 Å². The molecule has 0 saturated heterocycles. The standard InChI is InChI=1S/C19H22FN3O2/c1-13-3-9-17(14(2)11-13)21-12-19(25)23-22-18(24)10-6-15-4-7-16(20)8-5-15/h3-5,7-9,11,21H,6,10,12H2,1-2H3,(H,22,24)(H,23,25). The normalized spacial score (nSPS) is 10.2. The lowest BCUT2D eigenvalue weighted by Gasteiger charge is -2.11. The summed E-state index contributed by atoms with van der Waals surface area (Å²) in [6, 6.07) is 11.9. The second-order valence-electron chi connectivity index (χ2n) is 5.89. The Balaban J connectivity index is 1.68. The zero-order valence-electron chi connectivity index (χ0n) is 14.4. The Bertz CT molecular complexity index is 745. The van der Waals surface area contributed by atoms with Gasteiger partial charge in [0.2, 0.25) is 5.91 Å². The maximum Gasteiger partial charge on any atom is 0.257 e. The molecule has 132 valence electrons. The number of carbonyl (C=O) groups excluding carboxylic acids is 2. The molecule has 0 aliphatic rings. The van der Waals surface area contributed by atoms with E-state index in [-0.39, 0.29) is 30.6 Å². The average Bonchev–Trinajstić information content (AvgIpc) is 2.58. The molecule has 0 aromatic heterocycles. The quantitative estimate of drug-likeness (QED) is 0.706. The molecule has 3 N–H and O–H groups in total. The smallest absolute Gasteiger partial charge is 0.257 e. The van der Waals surface area contributed by atoms with Gasteiger partial charge in [-0.15, -0.1) is 0 Å². The first-order chi connectivity index (χ1) is 11.9. The van der Waals surface area contributed by atoms with Crippen LogP contribution in [0.5, 0.6) is 0 Å². The molecule has 0 radical (unpaired) electrons. The van der Waals surface area contributed by atoms with Crippen LogP contribution in [0.2, 0.25) is 0 Å². The number of anilines is 1. The van der Waals surface area contributed by atoms with Crippen LogP contribution in [0, 0.1) is 19.7 Å². The number of hydrazine groups is 1. The third-order valence-electron chi connectivity index (χ3n) is 3.72. The third kappa shape index (κ3) is 6.25. The van der Waals surface area contributed by atoms with Gasteiger partial charge in [-0.25, -0.2) is 4.39 Å². The van der Waals surface area contributed by atoms with E-state index in [0.29, 0.717) is 6.42 Å². The van der Waals surface area contributed by atoms with Crippen LogP contribution in [0.25, 0.3) is 0 Å². The molecule has 0 atom stereocenters. The maximum absolute atomic E-state index is 12.8. The van der Waals surface area contributed by atoms with Crippen LogP contribution in [0.15, 0.2) is 42.5 Å². The number of rotatable bonds is 6. The summed E-state index contributed by atoms with van der Waals surface area (Å²) in [4.78, 5) is 23.5. The summed E-state index contributed by atoms with van der Waals surface area (Å²) >= 11 is 0. The lowest BCUT2D eigenvalue weighted by atomic mass is 10.1. The minimum atomic E-state index is -0.338. The minimum Gasteiger partial charge on any atom is -0.376 e. The van der Waals surface area contributed by atoms with Gasteiger partial charge >= 0.3 is 0 Å². The second-order valence-corrected chi connectivity index (χ2v) is 5.89. The Morgan fingerprint density at radius 1 is 0.960 bits per heavy atom. The fourth-order valence-electron chi connectivity index (χ4n) is 2.34. The van der Waals surface area contributed by atoms with Crippen LogP contribution >= 0.6 is 0 Å². The fourth-order valence-corrected chi connectivity index (χ4v) is 2.34. The molecular formula is C19H22FN3O2. The maximum atomic E-state index is 12.8. The molecule has 25 heavy (non-hydrogen) atoms. The van der Waals surface area contributed by atoms with Gasteiger partial charge in [0.1, 0.15) is 5.82 Å². The molecule has 2 amide bonds. The van der Waals surface area contributed by atoms with Crippen molar-refractivity contribution in [3.05, 3.63) is 65.0 Å². The zero-order valence-corrected chi connectivity index (χ0v) is 14.4. The van der Waals surface area contributed by atoms with Crippen LogP contribution in [0.3, 0.4) is 0 Å². The van der Waals surface area contributed by atoms with Crippen molar-refractivity contribution in [2.24, 2.45) is 0 Å². The highest BCUT2D eigenvalue weighted by Crippen LogP contribution is 2.15. The van der Waals surface area contributed by atoms with E-state index in [9.17, 15) is 14.0 Å². The van der Waals surface area contributed by atoms with E-state index in [1.807, 2.05) is 32.0 Å². The van der Waals surface area contributed by atoms with E-state index in [0.717, 1.165) is 22.4 Å². The molecule has 6 heteroatoms.